The number of nitrogens with zero attached hydrogens (tertiary/aromatic N) is 2. The van der Waals surface area contributed by atoms with E-state index in [9.17, 15) is 9.90 Å². The molecule has 2 fully saturated rings. The van der Waals surface area contributed by atoms with E-state index in [4.69, 9.17) is 5.73 Å². The van der Waals surface area contributed by atoms with E-state index in [1.54, 1.807) is 0 Å². The first-order valence-electron chi connectivity index (χ1n) is 10.1. The lowest BCUT2D eigenvalue weighted by molar-refractivity contribution is -0.131. The Morgan fingerprint density at radius 2 is 1.92 bits per heavy atom. The van der Waals surface area contributed by atoms with Crippen molar-refractivity contribution >= 4 is 5.91 Å². The average Bonchev–Trinajstić information content (AvgIpc) is 2.67. The number of aliphatic hydroxyl groups excluding tert-OH is 1. The van der Waals surface area contributed by atoms with E-state index in [1.807, 2.05) is 18.2 Å². The van der Waals surface area contributed by atoms with Crippen molar-refractivity contribution < 1.29 is 9.90 Å². The number of hydrogen-bond donors (Lipinski definition) is 3. The molecular weight excluding hydrogens is 328 g/mol. The third kappa shape index (κ3) is 4.74. The number of carbonyl (C=O) groups is 1. The number of hydrogen-bond acceptors (Lipinski definition) is 5. The second-order valence-corrected chi connectivity index (χ2v) is 8.04. The van der Waals surface area contributed by atoms with Gasteiger partial charge in [-0.15, -0.1) is 0 Å². The predicted octanol–water partition coefficient (Wildman–Crippen LogP) is 0.687. The molecule has 1 saturated carbocycles. The van der Waals surface area contributed by atoms with Crippen LogP contribution in [0.15, 0.2) is 24.3 Å². The minimum Gasteiger partial charge on any atom is -0.377 e. The Kier molecular flexibility index (Phi) is 6.86. The predicted molar refractivity (Wildman–Crippen MR) is 103 cm³/mol. The van der Waals surface area contributed by atoms with Gasteiger partial charge in [-0.3, -0.25) is 9.69 Å². The van der Waals surface area contributed by atoms with Crippen molar-refractivity contribution in [1.82, 2.24) is 15.1 Å². The monoisotopic (exact) mass is 362 g/mol. The van der Waals surface area contributed by atoms with E-state index >= 15 is 0 Å². The van der Waals surface area contributed by atoms with Crippen LogP contribution in [0.2, 0.25) is 0 Å². The molecule has 26 heavy (non-hydrogen) atoms. The molecule has 3 rings (SSSR count). The van der Waals surface area contributed by atoms with Gasteiger partial charge in [-0.25, -0.2) is 0 Å². The van der Waals surface area contributed by atoms with E-state index < -0.39 is 12.3 Å². The first kappa shape index (κ1) is 19.5. The van der Waals surface area contributed by atoms with E-state index in [0.717, 1.165) is 51.9 Å². The van der Waals surface area contributed by atoms with E-state index in [0.29, 0.717) is 6.04 Å². The number of likely N-dealkylation sites (N-methyl/N-ethyl adjacent to an activating group) is 1. The highest BCUT2D eigenvalue weighted by Gasteiger charge is 2.37. The Labute approximate surface area is 157 Å². The maximum absolute atomic E-state index is 13.1. The van der Waals surface area contributed by atoms with Crippen LogP contribution in [0.25, 0.3) is 0 Å². The fourth-order valence-corrected chi connectivity index (χ4v) is 4.59. The number of nitrogens with two attached hydrogens (primary N) is 1. The van der Waals surface area contributed by atoms with Gasteiger partial charge < -0.3 is 21.1 Å². The van der Waals surface area contributed by atoms with Gasteiger partial charge in [-0.05, 0) is 26.3 Å². The molecule has 0 bridgehead atoms. The summed E-state index contributed by atoms with van der Waals surface area (Å²) in [5, 5.41) is 13.1. The van der Waals surface area contributed by atoms with Crippen LogP contribution in [-0.4, -0.2) is 72.4 Å². The fraction of sp³-hybridized carbons (Fsp3) is 0.750. The van der Waals surface area contributed by atoms with Gasteiger partial charge in [-0.1, -0.05) is 37.1 Å². The maximum Gasteiger partial charge on any atom is 0.225 e. The molecule has 5 atom stereocenters. The summed E-state index contributed by atoms with van der Waals surface area (Å²) in [4.78, 5) is 18.0. The van der Waals surface area contributed by atoms with Gasteiger partial charge in [0.2, 0.25) is 5.91 Å². The van der Waals surface area contributed by atoms with Crippen molar-refractivity contribution in [3.8, 4) is 0 Å². The van der Waals surface area contributed by atoms with Crippen LogP contribution in [-0.2, 0) is 4.79 Å². The molecule has 0 aromatic carbocycles. The molecule has 0 radical (unpaired) electrons. The van der Waals surface area contributed by atoms with Crippen LogP contribution >= 0.6 is 0 Å². The largest absolute Gasteiger partial charge is 0.377 e. The summed E-state index contributed by atoms with van der Waals surface area (Å²) < 4.78 is 0. The van der Waals surface area contributed by atoms with Gasteiger partial charge in [0.05, 0.1) is 12.0 Å². The molecule has 146 valence electrons. The summed E-state index contributed by atoms with van der Waals surface area (Å²) in [5.74, 6) is 0.109. The van der Waals surface area contributed by atoms with Crippen molar-refractivity contribution in [1.29, 1.82) is 0 Å². The molecule has 1 saturated heterocycles. The SMILES string of the molecule is CN1CCN(C2CCCCC2C(=O)N[C@H](C(N)O)C2C=CC=CC2)CC1. The zero-order valence-electron chi connectivity index (χ0n) is 15.9. The van der Waals surface area contributed by atoms with E-state index in [1.165, 1.54) is 6.42 Å². The lowest BCUT2D eigenvalue weighted by Gasteiger charge is -2.43. The van der Waals surface area contributed by atoms with Gasteiger partial charge in [0, 0.05) is 38.1 Å². The van der Waals surface area contributed by atoms with Crippen molar-refractivity contribution in [2.45, 2.75) is 50.4 Å². The second kappa shape index (κ2) is 9.13. The van der Waals surface area contributed by atoms with Crippen molar-refractivity contribution in [2.24, 2.45) is 17.6 Å². The molecule has 3 aliphatic rings. The Morgan fingerprint density at radius 3 is 2.58 bits per heavy atom. The summed E-state index contributed by atoms with van der Waals surface area (Å²) in [6.45, 7) is 4.19. The fourth-order valence-electron chi connectivity index (χ4n) is 4.59. The molecule has 0 aromatic rings. The van der Waals surface area contributed by atoms with Crippen LogP contribution < -0.4 is 11.1 Å². The lowest BCUT2D eigenvalue weighted by atomic mass is 9.82. The molecule has 1 heterocycles. The topological polar surface area (TPSA) is 81.8 Å². The smallest absolute Gasteiger partial charge is 0.225 e. The van der Waals surface area contributed by atoms with Gasteiger partial charge in [0.15, 0.2) is 0 Å². The molecule has 1 aliphatic heterocycles. The van der Waals surface area contributed by atoms with Gasteiger partial charge in [-0.2, -0.15) is 0 Å². The number of allylic oxidation sites excluding steroid dienone is 3. The summed E-state index contributed by atoms with van der Waals surface area (Å²) in [6.07, 6.45) is 12.1. The summed E-state index contributed by atoms with van der Waals surface area (Å²) in [6, 6.07) is -0.117. The Hall–Kier alpha value is -1.21. The third-order valence-electron chi connectivity index (χ3n) is 6.23. The van der Waals surface area contributed by atoms with E-state index in [2.05, 4.69) is 28.2 Å². The Balaban J connectivity index is 1.65. The van der Waals surface area contributed by atoms with Gasteiger partial charge >= 0.3 is 0 Å². The lowest BCUT2D eigenvalue weighted by Crippen LogP contribution is -2.58. The summed E-state index contributed by atoms with van der Waals surface area (Å²) in [7, 11) is 2.15. The highest BCUT2D eigenvalue weighted by molar-refractivity contribution is 5.80. The second-order valence-electron chi connectivity index (χ2n) is 8.04. The Bertz CT molecular complexity index is 526. The minimum absolute atomic E-state index is 0.00322. The van der Waals surface area contributed by atoms with Gasteiger partial charge in [0.25, 0.3) is 0 Å². The zero-order valence-corrected chi connectivity index (χ0v) is 15.9. The highest BCUT2D eigenvalue weighted by atomic mass is 16.3. The number of carbonyl (C=O) groups excluding carboxylic acids is 1. The zero-order chi connectivity index (χ0) is 18.5. The first-order valence-corrected chi connectivity index (χ1v) is 10.1. The van der Waals surface area contributed by atoms with E-state index in [-0.39, 0.29) is 17.7 Å². The molecule has 4 unspecified atom stereocenters. The quantitative estimate of drug-likeness (QED) is 0.627. The summed E-state index contributed by atoms with van der Waals surface area (Å²) in [5.41, 5.74) is 5.80. The summed E-state index contributed by atoms with van der Waals surface area (Å²) >= 11 is 0. The van der Waals surface area contributed by atoms with Crippen LogP contribution in [0.5, 0.6) is 0 Å². The van der Waals surface area contributed by atoms with Crippen LogP contribution in [0.1, 0.15) is 32.1 Å². The first-order chi connectivity index (χ1) is 12.6. The molecule has 0 spiro atoms. The van der Waals surface area contributed by atoms with Crippen molar-refractivity contribution in [3.63, 3.8) is 0 Å². The molecule has 4 N–H and O–H groups in total. The molecule has 1 amide bonds. The molecule has 0 aromatic heterocycles. The van der Waals surface area contributed by atoms with Crippen molar-refractivity contribution in [2.75, 3.05) is 33.2 Å². The van der Waals surface area contributed by atoms with Gasteiger partial charge in [0.1, 0.15) is 6.23 Å². The third-order valence-corrected chi connectivity index (χ3v) is 6.23. The maximum atomic E-state index is 13.1. The Morgan fingerprint density at radius 1 is 1.19 bits per heavy atom. The standard InChI is InChI=1S/C20H34N4O2/c1-23-11-13-24(14-12-23)17-10-6-5-9-16(17)20(26)22-18(19(21)25)15-7-3-2-4-8-15/h2-4,7,15-19,25H,5-6,8-14,21H2,1H3,(H,22,26)/t15?,16?,17?,18-,19?/m0/s1. The number of nitrogens with one attached hydrogen (secondary N) is 1. The van der Waals surface area contributed by atoms with Crippen LogP contribution in [0, 0.1) is 11.8 Å². The number of rotatable bonds is 5. The van der Waals surface area contributed by atoms with Crippen LogP contribution in [0.4, 0.5) is 0 Å². The number of amides is 1. The van der Waals surface area contributed by atoms with Crippen molar-refractivity contribution in [3.05, 3.63) is 24.3 Å². The average molecular weight is 363 g/mol. The molecule has 6 heteroatoms. The molecular formula is C20H34N4O2. The van der Waals surface area contributed by atoms with Crippen LogP contribution in [0.3, 0.4) is 0 Å². The minimum atomic E-state index is -1.05. The number of aliphatic hydroxyl groups is 1. The molecule has 6 nitrogen and oxygen atoms in total. The highest BCUT2D eigenvalue weighted by Crippen LogP contribution is 2.30. The molecule has 2 aliphatic carbocycles. The normalized spacial score (nSPS) is 33.0. The number of piperazine rings is 1.